The number of aromatic amines is 2. The lowest BCUT2D eigenvalue weighted by molar-refractivity contribution is -0.137. The van der Waals surface area contributed by atoms with Crippen LogP contribution in [0.5, 0.6) is 0 Å². The largest absolute Gasteiger partial charge is 0.465 e. The van der Waals surface area contributed by atoms with Crippen LogP contribution in [0.25, 0.3) is 44.4 Å². The van der Waals surface area contributed by atoms with Crippen LogP contribution in [0, 0.1) is 23.7 Å². The average molecular weight is 868 g/mol. The van der Waals surface area contributed by atoms with Gasteiger partial charge in [0.1, 0.15) is 45.4 Å². The summed E-state index contributed by atoms with van der Waals surface area (Å²) < 4.78 is 4.80. The molecule has 14 nitrogen and oxygen atoms in total. The van der Waals surface area contributed by atoms with Gasteiger partial charge in [-0.15, -0.1) is 0 Å². The number of carboxylic acid groups (broad SMARTS) is 1. The predicted octanol–water partition coefficient (Wildman–Crippen LogP) is 8.59. The first-order valence-electron chi connectivity index (χ1n) is 20.8. The Labute approximate surface area is 362 Å². The van der Waals surface area contributed by atoms with E-state index in [1.807, 2.05) is 80.0 Å². The van der Waals surface area contributed by atoms with Crippen LogP contribution in [0.15, 0.2) is 60.7 Å². The number of halogens is 2. The lowest BCUT2D eigenvalue weighted by Crippen LogP contribution is -2.52. The highest BCUT2D eigenvalue weighted by Gasteiger charge is 2.57. The first-order valence-corrected chi connectivity index (χ1v) is 21.6. The SMILES string of the molecule is COC(=O)N[C@H](C(=O)N1[C@@H]2C[C@H]2C[C@H]1c1nc(-c2ccc(-c3ccc4cc(-c5nc([C@@H]6C[C@H]7C[C@H]7N6C(=O)[C@@H](NC(=O)O)C(C)C)[nH]c5Cl)ccc4c3)cc2)c(Cl)[nH]1)C(C)C. The van der Waals surface area contributed by atoms with Crippen molar-refractivity contribution in [1.29, 1.82) is 0 Å². The number of likely N-dealkylation sites (tertiary alicyclic amines) is 2. The molecule has 2 aromatic heterocycles. The molecule has 4 fully saturated rings. The number of hydrogen-bond donors (Lipinski definition) is 5. The standard InChI is InChI=1S/C45H48Cl2N8O6/c1-20(2)34(50-44(58)59)42(56)54-30-16-28(30)19-33(54)41-49-37(39(47)53-41)27-13-12-25-14-24(10-11-26(25)15-27)22-6-8-23(9-7-22)36-38(46)52-40(48-36)32-18-29-17-31(29)55(32)43(57)35(21(3)4)51-45(60)61-5/h6-15,20-21,28-35,50H,16-19H2,1-5H3,(H,48,52)(H,49,53)(H,51,60)(H,58,59)/t28-,29+,30-,31-,32+,33+,34+,35+/m1/s1. The van der Waals surface area contributed by atoms with E-state index in [2.05, 4.69) is 38.8 Å². The van der Waals surface area contributed by atoms with E-state index in [0.29, 0.717) is 45.2 Å². The number of ether oxygens (including phenoxy) is 1. The summed E-state index contributed by atoms with van der Waals surface area (Å²) in [6.45, 7) is 7.46. The summed E-state index contributed by atoms with van der Waals surface area (Å²) in [7, 11) is 1.29. The van der Waals surface area contributed by atoms with Crippen LogP contribution >= 0.6 is 23.2 Å². The maximum absolute atomic E-state index is 13.9. The molecule has 0 unspecified atom stereocenters. The van der Waals surface area contributed by atoms with Crippen LogP contribution < -0.4 is 10.6 Å². The summed E-state index contributed by atoms with van der Waals surface area (Å²) in [6.07, 6.45) is 1.50. The quantitative estimate of drug-likeness (QED) is 0.0874. The number of benzene rings is 3. The van der Waals surface area contributed by atoms with Gasteiger partial charge in [0, 0.05) is 23.2 Å². The van der Waals surface area contributed by atoms with E-state index < -0.39 is 24.3 Å². The van der Waals surface area contributed by atoms with Gasteiger partial charge in [-0.2, -0.15) is 0 Å². The molecule has 61 heavy (non-hydrogen) atoms. The molecule has 5 N–H and O–H groups in total. The normalized spacial score (nSPS) is 23.5. The van der Waals surface area contributed by atoms with Gasteiger partial charge in [-0.3, -0.25) is 9.59 Å². The Morgan fingerprint density at radius 1 is 0.672 bits per heavy atom. The summed E-state index contributed by atoms with van der Waals surface area (Å²) in [5, 5.41) is 17.4. The number of piperidine rings is 2. The molecule has 0 radical (unpaired) electrons. The smallest absolute Gasteiger partial charge is 0.407 e. The van der Waals surface area contributed by atoms with E-state index in [1.165, 1.54) is 7.11 Å². The monoisotopic (exact) mass is 866 g/mol. The zero-order chi connectivity index (χ0) is 43.0. The Bertz CT molecular complexity index is 2550. The second kappa shape index (κ2) is 15.7. The number of hydrogen-bond acceptors (Lipinski definition) is 7. The number of alkyl carbamates (subject to hydrolysis) is 1. The molecule has 2 aliphatic heterocycles. The lowest BCUT2D eigenvalue weighted by atomic mass is 9.98. The molecule has 2 saturated heterocycles. The van der Waals surface area contributed by atoms with Crippen molar-refractivity contribution < 1.29 is 29.0 Å². The van der Waals surface area contributed by atoms with Crippen LogP contribution in [0.1, 0.15) is 77.1 Å². The molecule has 318 valence electrons. The number of nitrogens with one attached hydrogen (secondary N) is 4. The summed E-state index contributed by atoms with van der Waals surface area (Å²) in [4.78, 5) is 71.2. The van der Waals surface area contributed by atoms with Crippen LogP contribution in [0.2, 0.25) is 10.3 Å². The van der Waals surface area contributed by atoms with Crippen molar-refractivity contribution in [1.82, 2.24) is 40.4 Å². The highest BCUT2D eigenvalue weighted by molar-refractivity contribution is 6.32. The Balaban J connectivity index is 0.909. The third-order valence-electron chi connectivity index (χ3n) is 12.9. The number of nitrogens with zero attached hydrogens (tertiary/aromatic N) is 4. The third kappa shape index (κ3) is 7.58. The van der Waals surface area contributed by atoms with Gasteiger partial charge in [0.2, 0.25) is 11.8 Å². The summed E-state index contributed by atoms with van der Waals surface area (Å²) in [6, 6.07) is 18.4. The van der Waals surface area contributed by atoms with Crippen molar-refractivity contribution in [3.63, 3.8) is 0 Å². The van der Waals surface area contributed by atoms with E-state index >= 15 is 0 Å². The molecule has 0 spiro atoms. The van der Waals surface area contributed by atoms with E-state index in [9.17, 15) is 24.3 Å². The number of H-pyrrole nitrogens is 2. The topological polar surface area (TPSA) is 186 Å². The highest BCUT2D eigenvalue weighted by Crippen LogP contribution is 2.55. The fraction of sp³-hybridized carbons (Fsp3) is 0.422. The van der Waals surface area contributed by atoms with Crippen LogP contribution in [0.3, 0.4) is 0 Å². The van der Waals surface area contributed by atoms with Crippen LogP contribution in [-0.4, -0.2) is 90.1 Å². The number of methoxy groups -OCH3 is 1. The predicted molar refractivity (Wildman–Crippen MR) is 231 cm³/mol. The fourth-order valence-electron chi connectivity index (χ4n) is 9.53. The van der Waals surface area contributed by atoms with Gasteiger partial charge < -0.3 is 40.2 Å². The van der Waals surface area contributed by atoms with Gasteiger partial charge in [0.05, 0.1) is 19.2 Å². The molecular weight excluding hydrogens is 819 g/mol. The van der Waals surface area contributed by atoms with Crippen molar-refractivity contribution >= 4 is 58.0 Å². The Morgan fingerprint density at radius 3 is 1.61 bits per heavy atom. The fourth-order valence-corrected chi connectivity index (χ4v) is 10.0. The first-order chi connectivity index (χ1) is 29.2. The Kier molecular flexibility index (Phi) is 10.5. The van der Waals surface area contributed by atoms with Gasteiger partial charge >= 0.3 is 12.2 Å². The first kappa shape index (κ1) is 40.8. The second-order valence-corrected chi connectivity index (χ2v) is 18.3. The zero-order valence-electron chi connectivity index (χ0n) is 34.4. The number of aromatic nitrogens is 4. The molecule has 4 heterocycles. The molecule has 2 aliphatic carbocycles. The number of carbonyl (C=O) groups excluding carboxylic acids is 3. The molecule has 2 saturated carbocycles. The molecule has 4 amide bonds. The van der Waals surface area contributed by atoms with Gasteiger partial charge in [-0.1, -0.05) is 99.4 Å². The van der Waals surface area contributed by atoms with Crippen molar-refractivity contribution in [2.24, 2.45) is 23.7 Å². The van der Waals surface area contributed by atoms with E-state index in [1.54, 1.807) is 0 Å². The Hall–Kier alpha value is -5.60. The van der Waals surface area contributed by atoms with Crippen molar-refractivity contribution in [2.75, 3.05) is 7.11 Å². The lowest BCUT2D eigenvalue weighted by Gasteiger charge is -2.31. The molecule has 5 aromatic rings. The van der Waals surface area contributed by atoms with Crippen molar-refractivity contribution in [3.05, 3.63) is 82.6 Å². The van der Waals surface area contributed by atoms with Crippen LogP contribution in [0.4, 0.5) is 9.59 Å². The minimum atomic E-state index is -1.22. The maximum atomic E-state index is 13.9. The minimum Gasteiger partial charge on any atom is -0.465 e. The number of carbonyl (C=O) groups is 4. The van der Waals surface area contributed by atoms with Gasteiger partial charge in [-0.25, -0.2) is 19.6 Å². The zero-order valence-corrected chi connectivity index (χ0v) is 35.9. The summed E-state index contributed by atoms with van der Waals surface area (Å²) in [5.41, 5.74) is 4.91. The van der Waals surface area contributed by atoms with Gasteiger partial charge in [0.25, 0.3) is 0 Å². The molecule has 0 bridgehead atoms. The summed E-state index contributed by atoms with van der Waals surface area (Å²) in [5.74, 6) is 1.25. The minimum absolute atomic E-state index is 0.0728. The number of imidazole rings is 2. The molecule has 3 aromatic carbocycles. The second-order valence-electron chi connectivity index (χ2n) is 17.6. The third-order valence-corrected chi connectivity index (χ3v) is 13.5. The number of amides is 4. The molecule has 4 aliphatic rings. The van der Waals surface area contributed by atoms with E-state index in [0.717, 1.165) is 58.7 Å². The molecule has 16 heteroatoms. The number of fused-ring (bicyclic) bond motifs is 3. The van der Waals surface area contributed by atoms with E-state index in [-0.39, 0.29) is 47.8 Å². The van der Waals surface area contributed by atoms with Gasteiger partial charge in [0.15, 0.2) is 0 Å². The average Bonchev–Trinajstić information content (AvgIpc) is 3.95. The summed E-state index contributed by atoms with van der Waals surface area (Å²) >= 11 is 13.6. The molecule has 8 atom stereocenters. The maximum Gasteiger partial charge on any atom is 0.407 e. The Morgan fingerprint density at radius 2 is 1.11 bits per heavy atom. The van der Waals surface area contributed by atoms with Crippen molar-refractivity contribution in [3.8, 4) is 33.6 Å². The molecular formula is C45H48Cl2N8O6. The van der Waals surface area contributed by atoms with Gasteiger partial charge in [-0.05, 0) is 83.4 Å². The van der Waals surface area contributed by atoms with E-state index in [4.69, 9.17) is 37.9 Å². The molecule has 9 rings (SSSR count). The van der Waals surface area contributed by atoms with Crippen LogP contribution in [-0.2, 0) is 14.3 Å². The highest BCUT2D eigenvalue weighted by atomic mass is 35.5. The number of rotatable bonds is 11. The van der Waals surface area contributed by atoms with Crippen molar-refractivity contribution in [2.45, 2.75) is 89.6 Å².